The summed E-state index contributed by atoms with van der Waals surface area (Å²) >= 11 is 1.75. The molecule has 0 radical (unpaired) electrons. The van der Waals surface area contributed by atoms with E-state index in [1.165, 1.54) is 0 Å². The highest BCUT2D eigenvalue weighted by molar-refractivity contribution is 7.99. The van der Waals surface area contributed by atoms with Crippen LogP contribution in [0.15, 0.2) is 24.3 Å². The molecular weight excluding hydrogens is 276 g/mol. The van der Waals surface area contributed by atoms with Crippen LogP contribution < -0.4 is 14.8 Å². The number of benzene rings is 1. The maximum atomic E-state index is 12.2. The van der Waals surface area contributed by atoms with Crippen LogP contribution in [0.4, 0.5) is 0 Å². The summed E-state index contributed by atoms with van der Waals surface area (Å²) in [5.41, 5.74) is 0. The van der Waals surface area contributed by atoms with Crippen LogP contribution in [0.1, 0.15) is 0 Å². The van der Waals surface area contributed by atoms with Crippen LogP contribution in [0.3, 0.4) is 0 Å². The third-order valence-corrected chi connectivity index (χ3v) is 4.38. The van der Waals surface area contributed by atoms with Gasteiger partial charge in [-0.25, -0.2) is 0 Å². The monoisotopic (exact) mass is 294 g/mol. The van der Waals surface area contributed by atoms with Crippen LogP contribution in [0.2, 0.25) is 0 Å². The van der Waals surface area contributed by atoms with Crippen LogP contribution in [0, 0.1) is 0 Å². The van der Waals surface area contributed by atoms with E-state index in [4.69, 9.17) is 9.47 Å². The molecule has 6 heteroatoms. The number of hydrogen-bond acceptors (Lipinski definition) is 5. The van der Waals surface area contributed by atoms with E-state index in [2.05, 4.69) is 5.32 Å². The standard InChI is InChI=1S/C14H18N2O3S/c1-16(14(17)11-8-20-9-15-11)6-10-7-18-12-4-2-3-5-13(12)19-10/h2-5,10-11,15H,6-9H2,1H3. The van der Waals surface area contributed by atoms with Gasteiger partial charge in [-0.15, -0.1) is 11.8 Å². The van der Waals surface area contributed by atoms with Crippen molar-refractivity contribution in [2.45, 2.75) is 12.1 Å². The molecular formula is C14H18N2O3S. The molecule has 2 atom stereocenters. The summed E-state index contributed by atoms with van der Waals surface area (Å²) in [5, 5.41) is 3.19. The van der Waals surface area contributed by atoms with Crippen molar-refractivity contribution in [2.75, 3.05) is 31.8 Å². The average Bonchev–Trinajstić information content (AvgIpc) is 3.00. The van der Waals surface area contributed by atoms with E-state index in [1.54, 1.807) is 16.7 Å². The lowest BCUT2D eigenvalue weighted by Crippen LogP contribution is -2.48. The molecule has 108 valence electrons. The number of nitrogens with zero attached hydrogens (tertiary/aromatic N) is 1. The minimum absolute atomic E-state index is 0.0678. The summed E-state index contributed by atoms with van der Waals surface area (Å²) in [5.74, 6) is 3.33. The molecule has 0 saturated carbocycles. The maximum absolute atomic E-state index is 12.2. The largest absolute Gasteiger partial charge is 0.486 e. The molecule has 5 nitrogen and oxygen atoms in total. The lowest BCUT2D eigenvalue weighted by Gasteiger charge is -2.30. The van der Waals surface area contributed by atoms with Gasteiger partial charge in [-0.1, -0.05) is 12.1 Å². The van der Waals surface area contributed by atoms with Crippen molar-refractivity contribution in [2.24, 2.45) is 0 Å². The fraction of sp³-hybridized carbons (Fsp3) is 0.500. The van der Waals surface area contributed by atoms with Crippen LogP contribution in [0.5, 0.6) is 11.5 Å². The Hall–Kier alpha value is -1.40. The van der Waals surface area contributed by atoms with E-state index in [9.17, 15) is 4.79 Å². The van der Waals surface area contributed by atoms with Gasteiger partial charge in [0.25, 0.3) is 0 Å². The lowest BCUT2D eigenvalue weighted by molar-refractivity contribution is -0.132. The Morgan fingerprint density at radius 2 is 2.25 bits per heavy atom. The molecule has 3 rings (SSSR count). The summed E-state index contributed by atoms with van der Waals surface area (Å²) in [6.07, 6.45) is -0.118. The normalized spacial score (nSPS) is 24.4. The Balaban J connectivity index is 1.57. The highest BCUT2D eigenvalue weighted by Gasteiger charge is 2.29. The summed E-state index contributed by atoms with van der Waals surface area (Å²) in [7, 11) is 1.82. The second-order valence-electron chi connectivity index (χ2n) is 4.99. The number of likely N-dealkylation sites (N-methyl/N-ethyl adjacent to an activating group) is 1. The van der Waals surface area contributed by atoms with Gasteiger partial charge >= 0.3 is 0 Å². The number of amides is 1. The molecule has 1 N–H and O–H groups in total. The van der Waals surface area contributed by atoms with Crippen LogP contribution in [-0.2, 0) is 4.79 Å². The number of para-hydroxylation sites is 2. The van der Waals surface area contributed by atoms with Crippen molar-refractivity contribution in [3.05, 3.63) is 24.3 Å². The van der Waals surface area contributed by atoms with Gasteiger partial charge in [-0.05, 0) is 12.1 Å². The summed E-state index contributed by atoms with van der Waals surface area (Å²) in [4.78, 5) is 13.9. The zero-order valence-electron chi connectivity index (χ0n) is 11.4. The molecule has 2 aliphatic rings. The first-order chi connectivity index (χ1) is 9.74. The number of hydrogen-bond donors (Lipinski definition) is 1. The zero-order valence-corrected chi connectivity index (χ0v) is 12.2. The molecule has 2 unspecified atom stereocenters. The highest BCUT2D eigenvalue weighted by atomic mass is 32.2. The van der Waals surface area contributed by atoms with E-state index in [0.29, 0.717) is 13.2 Å². The minimum atomic E-state index is -0.118. The second-order valence-corrected chi connectivity index (χ2v) is 6.02. The quantitative estimate of drug-likeness (QED) is 0.899. The van der Waals surface area contributed by atoms with Gasteiger partial charge in [0.15, 0.2) is 17.6 Å². The molecule has 1 amide bonds. The first kappa shape index (κ1) is 13.6. The first-order valence-electron chi connectivity index (χ1n) is 6.68. The van der Waals surface area contributed by atoms with Gasteiger partial charge in [0.05, 0.1) is 12.6 Å². The molecule has 1 aromatic rings. The number of carbonyl (C=O) groups excluding carboxylic acids is 1. The molecule has 1 saturated heterocycles. The Labute approximate surface area is 122 Å². The summed E-state index contributed by atoms with van der Waals surface area (Å²) in [6, 6.07) is 7.54. The molecule has 20 heavy (non-hydrogen) atoms. The van der Waals surface area contributed by atoms with Crippen LogP contribution in [0.25, 0.3) is 0 Å². The van der Waals surface area contributed by atoms with Gasteiger partial charge < -0.3 is 14.4 Å². The average molecular weight is 294 g/mol. The SMILES string of the molecule is CN(CC1COc2ccccc2O1)C(=O)C1CSCN1. The molecule has 2 heterocycles. The number of nitrogens with one attached hydrogen (secondary N) is 1. The molecule has 0 aromatic heterocycles. The summed E-state index contributed by atoms with van der Waals surface area (Å²) < 4.78 is 11.5. The minimum Gasteiger partial charge on any atom is -0.486 e. The zero-order chi connectivity index (χ0) is 13.9. The highest BCUT2D eigenvalue weighted by Crippen LogP contribution is 2.31. The Kier molecular flexibility index (Phi) is 4.03. The van der Waals surface area contributed by atoms with Crippen LogP contribution >= 0.6 is 11.8 Å². The van der Waals surface area contributed by atoms with Crippen molar-refractivity contribution in [1.82, 2.24) is 10.2 Å². The molecule has 1 fully saturated rings. The topological polar surface area (TPSA) is 50.8 Å². The predicted octanol–water partition coefficient (Wildman–Crippen LogP) is 0.947. The number of ether oxygens (including phenoxy) is 2. The van der Waals surface area contributed by atoms with Crippen molar-refractivity contribution < 1.29 is 14.3 Å². The van der Waals surface area contributed by atoms with E-state index in [0.717, 1.165) is 23.1 Å². The van der Waals surface area contributed by atoms with Gasteiger partial charge in [-0.2, -0.15) is 0 Å². The van der Waals surface area contributed by atoms with Crippen LogP contribution in [-0.4, -0.2) is 54.8 Å². The number of thioether (sulfide) groups is 1. The Morgan fingerprint density at radius 1 is 1.45 bits per heavy atom. The van der Waals surface area contributed by atoms with Crippen molar-refractivity contribution in [1.29, 1.82) is 0 Å². The van der Waals surface area contributed by atoms with Crippen molar-refractivity contribution in [3.8, 4) is 11.5 Å². The molecule has 2 aliphatic heterocycles. The van der Waals surface area contributed by atoms with Crippen molar-refractivity contribution >= 4 is 17.7 Å². The van der Waals surface area contributed by atoms with E-state index >= 15 is 0 Å². The van der Waals surface area contributed by atoms with Gasteiger partial charge in [0.1, 0.15) is 6.61 Å². The fourth-order valence-corrected chi connectivity index (χ4v) is 3.30. The third kappa shape index (κ3) is 2.86. The molecule has 0 aliphatic carbocycles. The number of carbonyl (C=O) groups is 1. The fourth-order valence-electron chi connectivity index (χ4n) is 2.37. The number of fused-ring (bicyclic) bond motifs is 1. The second kappa shape index (κ2) is 5.93. The molecule has 0 bridgehead atoms. The van der Waals surface area contributed by atoms with Gasteiger partial charge in [-0.3, -0.25) is 10.1 Å². The smallest absolute Gasteiger partial charge is 0.240 e. The predicted molar refractivity (Wildman–Crippen MR) is 78.2 cm³/mol. The maximum Gasteiger partial charge on any atom is 0.240 e. The molecule has 0 spiro atoms. The first-order valence-corrected chi connectivity index (χ1v) is 7.84. The van der Waals surface area contributed by atoms with E-state index in [1.807, 2.05) is 31.3 Å². The van der Waals surface area contributed by atoms with Crippen molar-refractivity contribution in [3.63, 3.8) is 0 Å². The molecule has 1 aromatic carbocycles. The van der Waals surface area contributed by atoms with Gasteiger partial charge in [0.2, 0.25) is 5.91 Å². The summed E-state index contributed by atoms with van der Waals surface area (Å²) in [6.45, 7) is 1.01. The van der Waals surface area contributed by atoms with Gasteiger partial charge in [0, 0.05) is 18.7 Å². The third-order valence-electron chi connectivity index (χ3n) is 3.44. The van der Waals surface area contributed by atoms with E-state index < -0.39 is 0 Å². The number of rotatable bonds is 3. The lowest BCUT2D eigenvalue weighted by atomic mass is 10.2. The van der Waals surface area contributed by atoms with E-state index in [-0.39, 0.29) is 18.1 Å². The Morgan fingerprint density at radius 3 is 3.00 bits per heavy atom. The Bertz CT molecular complexity index is 491.